The lowest BCUT2D eigenvalue weighted by Crippen LogP contribution is -2.31. The Hall–Kier alpha value is -4.02. The van der Waals surface area contributed by atoms with E-state index in [4.69, 9.17) is 4.98 Å². The van der Waals surface area contributed by atoms with Crippen LogP contribution in [-0.4, -0.2) is 39.8 Å². The number of hydrogen-bond acceptors (Lipinski definition) is 6. The van der Waals surface area contributed by atoms with Crippen molar-refractivity contribution in [2.24, 2.45) is 0 Å². The molecule has 0 saturated heterocycles. The summed E-state index contributed by atoms with van der Waals surface area (Å²) < 4.78 is 5.00. The van der Waals surface area contributed by atoms with E-state index in [1.807, 2.05) is 11.5 Å². The van der Waals surface area contributed by atoms with Gasteiger partial charge in [-0.25, -0.2) is 19.4 Å². The van der Waals surface area contributed by atoms with Crippen LogP contribution in [0.4, 0.5) is 5.69 Å². The smallest absolute Gasteiger partial charge is 0.323 e. The van der Waals surface area contributed by atoms with Crippen LogP contribution in [-0.2, 0) is 24.3 Å². The second-order valence-corrected chi connectivity index (χ2v) is 8.70. The third-order valence-corrected chi connectivity index (χ3v) is 6.04. The number of nitrogens with one attached hydrogen (secondary N) is 2. The molecule has 1 amide bonds. The molecule has 190 valence electrons. The van der Waals surface area contributed by atoms with Crippen LogP contribution in [0.5, 0.6) is 0 Å². The van der Waals surface area contributed by atoms with Gasteiger partial charge in [0.2, 0.25) is 5.91 Å². The summed E-state index contributed by atoms with van der Waals surface area (Å²) >= 11 is 0. The molecular formula is C25H32N8O3. The number of amides is 1. The summed E-state index contributed by atoms with van der Waals surface area (Å²) in [5, 5.41) is 7.11. The average Bonchev–Trinajstić information content (AvgIpc) is 3.52. The number of unbranched alkanes of at least 4 members (excludes halogenated alkanes) is 3. The number of pyridine rings is 1. The number of aromatic amines is 1. The van der Waals surface area contributed by atoms with Crippen molar-refractivity contribution in [2.45, 2.75) is 71.9 Å². The van der Waals surface area contributed by atoms with Crippen LogP contribution >= 0.6 is 0 Å². The first-order valence-corrected chi connectivity index (χ1v) is 12.5. The van der Waals surface area contributed by atoms with Gasteiger partial charge in [-0.15, -0.1) is 0 Å². The highest BCUT2D eigenvalue weighted by molar-refractivity contribution is 5.92. The van der Waals surface area contributed by atoms with Gasteiger partial charge < -0.3 is 9.88 Å². The Bertz CT molecular complexity index is 1430. The summed E-state index contributed by atoms with van der Waals surface area (Å²) in [7, 11) is 0. The summed E-state index contributed by atoms with van der Waals surface area (Å²) in [5.74, 6) is 0.936. The molecule has 36 heavy (non-hydrogen) atoms. The number of fused-ring (bicyclic) bond motifs is 1. The standard InChI is InChI=1S/C25H32N8O3/c1-3-5-7-16-31-19(29-23-21(31)24(35)30-25(36)32(23)15-6-4-2)11-12-20(34)28-18-10-8-13-26-22(18)33-17-9-14-27-33/h8-10,13-14,17H,3-7,11-12,15-16H2,1-2H3,(H,28,34)(H,30,35,36). The molecule has 0 aromatic carbocycles. The van der Waals surface area contributed by atoms with E-state index in [0.29, 0.717) is 48.0 Å². The van der Waals surface area contributed by atoms with Gasteiger partial charge in [0.05, 0.1) is 5.69 Å². The van der Waals surface area contributed by atoms with Crippen LogP contribution in [0.3, 0.4) is 0 Å². The Kier molecular flexibility index (Phi) is 8.09. The van der Waals surface area contributed by atoms with Gasteiger partial charge in [0.15, 0.2) is 17.0 Å². The average molecular weight is 493 g/mol. The Morgan fingerprint density at radius 3 is 2.58 bits per heavy atom. The minimum atomic E-state index is -0.453. The fourth-order valence-corrected chi connectivity index (χ4v) is 4.20. The zero-order chi connectivity index (χ0) is 25.5. The van der Waals surface area contributed by atoms with Gasteiger partial charge in [0, 0.05) is 44.5 Å². The first-order chi connectivity index (χ1) is 17.5. The number of carbonyl (C=O) groups excluding carboxylic acids is 1. The van der Waals surface area contributed by atoms with Crippen LogP contribution in [0.15, 0.2) is 46.4 Å². The number of imidazole rings is 1. The van der Waals surface area contributed by atoms with Crippen molar-refractivity contribution in [3.05, 3.63) is 63.5 Å². The molecule has 0 radical (unpaired) electrons. The second-order valence-electron chi connectivity index (χ2n) is 8.70. The SMILES string of the molecule is CCCCCn1c(CCC(=O)Nc2cccnc2-n2cccn2)nc2c1c(=O)[nH]c(=O)n2CCCC. The first-order valence-electron chi connectivity index (χ1n) is 12.5. The summed E-state index contributed by atoms with van der Waals surface area (Å²) in [6.45, 7) is 5.23. The minimum Gasteiger partial charge on any atom is -0.323 e. The zero-order valence-electron chi connectivity index (χ0n) is 20.7. The van der Waals surface area contributed by atoms with E-state index in [-0.39, 0.29) is 12.3 Å². The summed E-state index contributed by atoms with van der Waals surface area (Å²) in [5.41, 5.74) is 0.433. The normalized spacial score (nSPS) is 11.3. The number of anilines is 1. The Labute approximate surface area is 208 Å². The van der Waals surface area contributed by atoms with E-state index in [0.717, 1.165) is 32.1 Å². The van der Waals surface area contributed by atoms with E-state index >= 15 is 0 Å². The first kappa shape index (κ1) is 25.1. The zero-order valence-corrected chi connectivity index (χ0v) is 20.7. The van der Waals surface area contributed by atoms with Crippen molar-refractivity contribution in [2.75, 3.05) is 5.32 Å². The van der Waals surface area contributed by atoms with E-state index in [2.05, 4.69) is 27.3 Å². The van der Waals surface area contributed by atoms with Crippen LogP contribution in [0.2, 0.25) is 0 Å². The van der Waals surface area contributed by atoms with Gasteiger partial charge in [0.1, 0.15) is 5.82 Å². The summed E-state index contributed by atoms with van der Waals surface area (Å²) in [6, 6.07) is 5.30. The monoisotopic (exact) mass is 492 g/mol. The number of hydrogen-bond donors (Lipinski definition) is 2. The minimum absolute atomic E-state index is 0.154. The highest BCUT2D eigenvalue weighted by atomic mass is 16.2. The predicted octanol–water partition coefficient (Wildman–Crippen LogP) is 3.03. The Morgan fingerprint density at radius 1 is 1.03 bits per heavy atom. The molecule has 0 aliphatic carbocycles. The second kappa shape index (κ2) is 11.6. The molecule has 0 spiro atoms. The van der Waals surface area contributed by atoms with Crippen molar-refractivity contribution in [1.29, 1.82) is 0 Å². The fraction of sp³-hybridized carbons (Fsp3) is 0.440. The third-order valence-electron chi connectivity index (χ3n) is 6.04. The number of H-pyrrole nitrogens is 1. The maximum Gasteiger partial charge on any atom is 0.330 e. The molecule has 11 heteroatoms. The van der Waals surface area contributed by atoms with Gasteiger partial charge in [0.25, 0.3) is 5.56 Å². The molecule has 0 aliphatic rings. The maximum atomic E-state index is 12.9. The van der Waals surface area contributed by atoms with Crippen LogP contribution < -0.4 is 16.6 Å². The van der Waals surface area contributed by atoms with Gasteiger partial charge in [-0.2, -0.15) is 5.10 Å². The molecule has 0 bridgehead atoms. The lowest BCUT2D eigenvalue weighted by molar-refractivity contribution is -0.116. The van der Waals surface area contributed by atoms with Crippen LogP contribution in [0.25, 0.3) is 17.0 Å². The number of nitrogens with zero attached hydrogens (tertiary/aromatic N) is 6. The van der Waals surface area contributed by atoms with E-state index in [9.17, 15) is 14.4 Å². The lowest BCUT2D eigenvalue weighted by atomic mass is 10.2. The third kappa shape index (κ3) is 5.45. The maximum absolute atomic E-state index is 12.9. The topological polar surface area (TPSA) is 132 Å². The van der Waals surface area contributed by atoms with Gasteiger partial charge in [-0.1, -0.05) is 33.1 Å². The van der Waals surface area contributed by atoms with Gasteiger partial charge >= 0.3 is 5.69 Å². The Balaban J connectivity index is 1.60. The molecule has 0 aliphatic heterocycles. The molecular weight excluding hydrogens is 460 g/mol. The van der Waals surface area contributed by atoms with E-state index in [1.165, 1.54) is 4.57 Å². The highest BCUT2D eigenvalue weighted by Gasteiger charge is 2.19. The molecule has 0 fully saturated rings. The molecule has 11 nitrogen and oxygen atoms in total. The molecule has 4 aromatic heterocycles. The summed E-state index contributed by atoms with van der Waals surface area (Å²) in [6.07, 6.45) is 10.1. The molecule has 0 atom stereocenters. The van der Waals surface area contributed by atoms with E-state index < -0.39 is 11.2 Å². The number of aromatic nitrogens is 7. The van der Waals surface area contributed by atoms with E-state index in [1.54, 1.807) is 41.5 Å². The van der Waals surface area contributed by atoms with Gasteiger partial charge in [-0.05, 0) is 31.0 Å². The van der Waals surface area contributed by atoms with Crippen molar-refractivity contribution < 1.29 is 4.79 Å². The molecule has 0 saturated carbocycles. The number of carbonyl (C=O) groups is 1. The molecule has 4 heterocycles. The molecule has 4 rings (SSSR count). The molecule has 2 N–H and O–H groups in total. The van der Waals surface area contributed by atoms with Crippen molar-refractivity contribution in [3.63, 3.8) is 0 Å². The van der Waals surface area contributed by atoms with Crippen LogP contribution in [0.1, 0.15) is 58.2 Å². The quantitative estimate of drug-likeness (QED) is 0.292. The molecule has 4 aromatic rings. The summed E-state index contributed by atoms with van der Waals surface area (Å²) in [4.78, 5) is 49.7. The van der Waals surface area contributed by atoms with Crippen LogP contribution in [0, 0.1) is 0 Å². The molecule has 0 unspecified atom stereocenters. The largest absolute Gasteiger partial charge is 0.330 e. The van der Waals surface area contributed by atoms with Crippen molar-refractivity contribution in [1.82, 2.24) is 33.9 Å². The fourth-order valence-electron chi connectivity index (χ4n) is 4.20. The lowest BCUT2D eigenvalue weighted by Gasteiger charge is -2.11. The predicted molar refractivity (Wildman–Crippen MR) is 137 cm³/mol. The number of rotatable bonds is 12. The number of aryl methyl sites for hydroxylation is 3. The van der Waals surface area contributed by atoms with Crippen molar-refractivity contribution in [3.8, 4) is 5.82 Å². The van der Waals surface area contributed by atoms with Gasteiger partial charge in [-0.3, -0.25) is 19.1 Å². The van der Waals surface area contributed by atoms with Crippen molar-refractivity contribution >= 4 is 22.8 Å². The Morgan fingerprint density at radius 2 is 1.83 bits per heavy atom. The highest BCUT2D eigenvalue weighted by Crippen LogP contribution is 2.18.